The predicted molar refractivity (Wildman–Crippen MR) is 161 cm³/mol. The summed E-state index contributed by atoms with van der Waals surface area (Å²) in [5.74, 6) is 0.246. The van der Waals surface area contributed by atoms with Gasteiger partial charge in [0, 0.05) is 18.6 Å². The van der Waals surface area contributed by atoms with Gasteiger partial charge in [-0.15, -0.1) is 0 Å². The molecule has 1 aliphatic carbocycles. The van der Waals surface area contributed by atoms with Crippen LogP contribution in [0.1, 0.15) is 71.3 Å². The monoisotopic (exact) mass is 603 g/mol. The number of carbonyl (C=O) groups excluding carboxylic acids is 2. The van der Waals surface area contributed by atoms with Crippen molar-refractivity contribution in [2.24, 2.45) is 17.8 Å². The summed E-state index contributed by atoms with van der Waals surface area (Å²) in [5, 5.41) is 17.3. The maximum atomic E-state index is 13.5. The van der Waals surface area contributed by atoms with E-state index in [4.69, 9.17) is 4.74 Å². The Morgan fingerprint density at radius 1 is 1.05 bits per heavy atom. The first-order valence-corrected chi connectivity index (χ1v) is 17.5. The average Bonchev–Trinajstić information content (AvgIpc) is 3.25. The van der Waals surface area contributed by atoms with Crippen LogP contribution in [0.4, 0.5) is 0 Å². The number of hydrogen-bond donors (Lipinski definition) is 3. The molecule has 1 saturated carbocycles. The van der Waals surface area contributed by atoms with Gasteiger partial charge in [-0.2, -0.15) is 0 Å². The lowest BCUT2D eigenvalue weighted by Gasteiger charge is -2.47. The minimum Gasteiger partial charge on any atom is -0.390 e. The van der Waals surface area contributed by atoms with Crippen LogP contribution in [0.15, 0.2) is 30.3 Å². The number of carbonyl (C=O) groups is 2. The molecule has 3 heterocycles. The minimum absolute atomic E-state index is 0.00551. The second-order valence-electron chi connectivity index (χ2n) is 14.1. The highest BCUT2D eigenvalue weighted by Crippen LogP contribution is 2.39. The van der Waals surface area contributed by atoms with E-state index in [9.17, 15) is 23.1 Å². The summed E-state index contributed by atoms with van der Waals surface area (Å²) >= 11 is 0. The number of amides is 2. The highest BCUT2D eigenvalue weighted by atomic mass is 32.2. The number of benzene rings is 1. The molecule has 1 aromatic rings. The molecule has 1 unspecified atom stereocenters. The van der Waals surface area contributed by atoms with Gasteiger partial charge in [-0.05, 0) is 70.3 Å². The zero-order valence-electron chi connectivity index (χ0n) is 25.3. The molecule has 3 N–H and O–H groups in total. The summed E-state index contributed by atoms with van der Waals surface area (Å²) in [6.07, 6.45) is 5.37. The molecule has 42 heavy (non-hydrogen) atoms. The van der Waals surface area contributed by atoms with Gasteiger partial charge in [0.2, 0.25) is 11.8 Å². The Balaban J connectivity index is 1.32. The highest BCUT2D eigenvalue weighted by Gasteiger charge is 2.47. The van der Waals surface area contributed by atoms with E-state index in [0.717, 1.165) is 31.4 Å². The van der Waals surface area contributed by atoms with Crippen LogP contribution in [-0.2, 0) is 30.6 Å². The van der Waals surface area contributed by atoms with Crippen molar-refractivity contribution in [1.29, 1.82) is 0 Å². The molecule has 1 aromatic carbocycles. The van der Waals surface area contributed by atoms with Crippen molar-refractivity contribution in [2.75, 3.05) is 25.4 Å². The maximum Gasteiger partial charge on any atom is 0.237 e. The van der Waals surface area contributed by atoms with E-state index >= 15 is 0 Å². The standard InChI is InChI=1S/C32H49N3O6S/c1-32(2,3)34-31(38)26-16-22-11-7-8-12-23(22)18-35(26)19-27(36)25(15-21-9-5-4-6-10-21)33-30(37)24-17-29-28(41-20-24)13-14-42(29,39)40/h4-6,9-10,22-29,36H,7-8,11-20H2,1-3H3,(H,33,37)(H,34,38)/t22-,23+,24?,25-,26-,27+,28+,29+/m0/s1. The van der Waals surface area contributed by atoms with Crippen LogP contribution >= 0.6 is 0 Å². The van der Waals surface area contributed by atoms with Crippen molar-refractivity contribution in [3.63, 3.8) is 0 Å². The molecule has 234 valence electrons. The number of sulfone groups is 1. The normalized spacial score (nSPS) is 32.7. The Labute approximate surface area is 251 Å². The third-order valence-electron chi connectivity index (χ3n) is 9.78. The molecule has 10 heteroatoms. The molecule has 0 radical (unpaired) electrons. The first-order chi connectivity index (χ1) is 19.9. The van der Waals surface area contributed by atoms with Gasteiger partial charge < -0.3 is 20.5 Å². The van der Waals surface area contributed by atoms with E-state index in [0.29, 0.717) is 24.7 Å². The van der Waals surface area contributed by atoms with E-state index in [2.05, 4.69) is 15.5 Å². The van der Waals surface area contributed by atoms with Crippen LogP contribution in [0, 0.1) is 17.8 Å². The van der Waals surface area contributed by atoms with Crippen molar-refractivity contribution < 1.29 is 27.9 Å². The van der Waals surface area contributed by atoms with Crippen LogP contribution < -0.4 is 10.6 Å². The van der Waals surface area contributed by atoms with Gasteiger partial charge in [0.1, 0.15) is 0 Å². The Morgan fingerprint density at radius 2 is 1.76 bits per heavy atom. The topological polar surface area (TPSA) is 125 Å². The third kappa shape index (κ3) is 7.55. The first kappa shape index (κ1) is 31.4. The van der Waals surface area contributed by atoms with E-state index in [-0.39, 0.29) is 54.8 Å². The fourth-order valence-electron chi connectivity index (χ4n) is 7.56. The van der Waals surface area contributed by atoms with E-state index in [1.807, 2.05) is 51.1 Å². The van der Waals surface area contributed by atoms with E-state index in [1.54, 1.807) is 0 Å². The smallest absolute Gasteiger partial charge is 0.237 e. The lowest BCUT2D eigenvalue weighted by atomic mass is 9.72. The zero-order valence-corrected chi connectivity index (χ0v) is 26.2. The molecule has 0 spiro atoms. The van der Waals surface area contributed by atoms with Crippen LogP contribution in [0.3, 0.4) is 0 Å². The van der Waals surface area contributed by atoms with Crippen LogP contribution in [0.25, 0.3) is 0 Å². The molecular formula is C32H49N3O6S. The molecule has 0 bridgehead atoms. The molecule has 2 amide bonds. The lowest BCUT2D eigenvalue weighted by molar-refractivity contribution is -0.135. The second kappa shape index (κ2) is 12.9. The molecule has 8 atom stereocenters. The average molecular weight is 604 g/mol. The lowest BCUT2D eigenvalue weighted by Crippen LogP contribution is -2.60. The largest absolute Gasteiger partial charge is 0.390 e. The van der Waals surface area contributed by atoms with Crippen molar-refractivity contribution in [3.8, 4) is 0 Å². The molecule has 4 fully saturated rings. The molecule has 3 aliphatic heterocycles. The summed E-state index contributed by atoms with van der Waals surface area (Å²) in [6, 6.07) is 8.80. The molecule has 3 saturated heterocycles. The van der Waals surface area contributed by atoms with Crippen molar-refractivity contribution >= 4 is 21.7 Å². The number of piperidine rings is 1. The zero-order chi connectivity index (χ0) is 30.1. The molecular weight excluding hydrogens is 554 g/mol. The Kier molecular flexibility index (Phi) is 9.67. The fourth-order valence-corrected chi connectivity index (χ4v) is 9.62. The number of nitrogens with one attached hydrogen (secondary N) is 2. The number of likely N-dealkylation sites (tertiary alicyclic amines) is 1. The summed E-state index contributed by atoms with van der Waals surface area (Å²) in [7, 11) is -3.26. The fraction of sp³-hybridized carbons (Fsp3) is 0.750. The van der Waals surface area contributed by atoms with Crippen molar-refractivity contribution in [2.45, 2.75) is 107 Å². The van der Waals surface area contributed by atoms with Crippen LogP contribution in [0.2, 0.25) is 0 Å². The summed E-state index contributed by atoms with van der Waals surface area (Å²) in [5.41, 5.74) is 0.621. The molecule has 0 aromatic heterocycles. The van der Waals surface area contributed by atoms with Gasteiger partial charge in [0.05, 0.1) is 47.8 Å². The quantitative estimate of drug-likeness (QED) is 0.417. The number of aliphatic hydroxyl groups excluding tert-OH is 1. The Morgan fingerprint density at radius 3 is 2.48 bits per heavy atom. The molecule has 9 nitrogen and oxygen atoms in total. The SMILES string of the molecule is CC(C)(C)NC(=O)[C@@H]1C[C@@H]2CCCC[C@@H]2CN1C[C@@H](O)[C@H](Cc1ccccc1)NC(=O)C1CO[C@@H]2CCS(=O)(=O)[C@@H]2C1. The number of rotatable bonds is 8. The van der Waals surface area contributed by atoms with Gasteiger partial charge >= 0.3 is 0 Å². The molecule has 5 rings (SSSR count). The summed E-state index contributed by atoms with van der Waals surface area (Å²) < 4.78 is 30.9. The van der Waals surface area contributed by atoms with Gasteiger partial charge in [-0.25, -0.2) is 8.42 Å². The van der Waals surface area contributed by atoms with Crippen LogP contribution in [-0.4, -0.2) is 90.8 Å². The molecule has 4 aliphatic rings. The van der Waals surface area contributed by atoms with Gasteiger partial charge in [0.25, 0.3) is 0 Å². The van der Waals surface area contributed by atoms with Crippen LogP contribution in [0.5, 0.6) is 0 Å². The predicted octanol–water partition coefficient (Wildman–Crippen LogP) is 2.46. The van der Waals surface area contributed by atoms with Gasteiger partial charge in [-0.1, -0.05) is 49.6 Å². The summed E-state index contributed by atoms with van der Waals surface area (Å²) in [4.78, 5) is 29.2. The number of nitrogens with zero attached hydrogens (tertiary/aromatic N) is 1. The second-order valence-corrected chi connectivity index (χ2v) is 16.5. The number of aliphatic hydroxyl groups is 1. The number of ether oxygens (including phenoxy) is 1. The van der Waals surface area contributed by atoms with Crippen molar-refractivity contribution in [3.05, 3.63) is 35.9 Å². The summed E-state index contributed by atoms with van der Waals surface area (Å²) in [6.45, 7) is 7.15. The number of β-amino-alcohol motifs (C(OH)–C–C–N with tert-alkyl or cyclic N) is 1. The van der Waals surface area contributed by atoms with Gasteiger partial charge in [-0.3, -0.25) is 14.5 Å². The number of hydrogen-bond acceptors (Lipinski definition) is 7. The van der Waals surface area contributed by atoms with Gasteiger partial charge in [0.15, 0.2) is 9.84 Å². The number of fused-ring (bicyclic) bond motifs is 2. The van der Waals surface area contributed by atoms with Crippen molar-refractivity contribution in [1.82, 2.24) is 15.5 Å². The Bertz CT molecular complexity index is 1200. The Hall–Kier alpha value is -2.01. The highest BCUT2D eigenvalue weighted by molar-refractivity contribution is 7.92. The van der Waals surface area contributed by atoms with E-state index < -0.39 is 33.2 Å². The van der Waals surface area contributed by atoms with E-state index in [1.165, 1.54) is 12.8 Å². The first-order valence-electron chi connectivity index (χ1n) is 15.8. The third-order valence-corrected chi connectivity index (χ3v) is 12.0. The minimum atomic E-state index is -3.26. The maximum absolute atomic E-state index is 13.5.